The molecule has 2 nitrogen and oxygen atoms in total. The van der Waals surface area contributed by atoms with E-state index in [1.165, 1.54) is 64.8 Å². The molecule has 1 saturated carbocycles. The van der Waals surface area contributed by atoms with Crippen LogP contribution >= 0.6 is 0 Å². The molecule has 0 bridgehead atoms. The summed E-state index contributed by atoms with van der Waals surface area (Å²) in [5.74, 6) is 0.860. The predicted molar refractivity (Wildman–Crippen MR) is 69.7 cm³/mol. The van der Waals surface area contributed by atoms with Crippen molar-refractivity contribution in [1.82, 2.24) is 10.2 Å². The summed E-state index contributed by atoms with van der Waals surface area (Å²) in [6, 6.07) is 0. The van der Waals surface area contributed by atoms with Gasteiger partial charge in [-0.3, -0.25) is 0 Å². The maximum Gasteiger partial charge on any atom is 0.00103 e. The van der Waals surface area contributed by atoms with E-state index in [-0.39, 0.29) is 0 Å². The SMILES string of the molecule is CC(C)C1(CNCCCN2CCCC2)CC1. The lowest BCUT2D eigenvalue weighted by atomic mass is 9.92. The van der Waals surface area contributed by atoms with Gasteiger partial charge in [0.15, 0.2) is 0 Å². The minimum absolute atomic E-state index is 0.674. The van der Waals surface area contributed by atoms with Crippen molar-refractivity contribution in [3.63, 3.8) is 0 Å². The van der Waals surface area contributed by atoms with E-state index in [0.29, 0.717) is 5.41 Å². The third-order valence-corrected chi connectivity index (χ3v) is 4.62. The summed E-state index contributed by atoms with van der Waals surface area (Å²) in [5, 5.41) is 3.67. The third kappa shape index (κ3) is 3.21. The van der Waals surface area contributed by atoms with E-state index in [1.54, 1.807) is 0 Å². The lowest BCUT2D eigenvalue weighted by Crippen LogP contribution is -2.30. The summed E-state index contributed by atoms with van der Waals surface area (Å²) in [4.78, 5) is 2.61. The first-order valence-electron chi connectivity index (χ1n) is 7.16. The Morgan fingerprint density at radius 3 is 2.44 bits per heavy atom. The fourth-order valence-corrected chi connectivity index (χ4v) is 2.89. The molecule has 1 aliphatic carbocycles. The zero-order valence-corrected chi connectivity index (χ0v) is 11.1. The van der Waals surface area contributed by atoms with Crippen molar-refractivity contribution in [3.8, 4) is 0 Å². The molecule has 1 aliphatic heterocycles. The average Bonchev–Trinajstić information content (AvgIpc) is 2.87. The average molecular weight is 224 g/mol. The van der Waals surface area contributed by atoms with Gasteiger partial charge in [0.1, 0.15) is 0 Å². The quantitative estimate of drug-likeness (QED) is 0.668. The smallest absolute Gasteiger partial charge is 0.00103 e. The van der Waals surface area contributed by atoms with E-state index >= 15 is 0 Å². The van der Waals surface area contributed by atoms with Gasteiger partial charge in [-0.25, -0.2) is 0 Å². The number of likely N-dealkylation sites (tertiary alicyclic amines) is 1. The van der Waals surface area contributed by atoms with Crippen molar-refractivity contribution in [2.24, 2.45) is 11.3 Å². The van der Waals surface area contributed by atoms with Crippen molar-refractivity contribution in [2.45, 2.75) is 46.0 Å². The molecule has 0 amide bonds. The van der Waals surface area contributed by atoms with Crippen molar-refractivity contribution < 1.29 is 0 Å². The van der Waals surface area contributed by atoms with Crippen LogP contribution in [0.15, 0.2) is 0 Å². The van der Waals surface area contributed by atoms with E-state index in [9.17, 15) is 0 Å². The molecule has 0 unspecified atom stereocenters. The number of rotatable bonds is 7. The molecule has 0 aromatic carbocycles. The van der Waals surface area contributed by atoms with Crippen LogP contribution in [0.1, 0.15) is 46.0 Å². The van der Waals surface area contributed by atoms with Crippen LogP contribution in [0, 0.1) is 11.3 Å². The lowest BCUT2D eigenvalue weighted by molar-refractivity contribution is 0.313. The number of hydrogen-bond acceptors (Lipinski definition) is 2. The van der Waals surface area contributed by atoms with Crippen LogP contribution in [0.25, 0.3) is 0 Å². The van der Waals surface area contributed by atoms with Crippen molar-refractivity contribution in [2.75, 3.05) is 32.7 Å². The molecule has 0 aromatic rings. The zero-order valence-electron chi connectivity index (χ0n) is 11.1. The molecule has 0 atom stereocenters. The molecule has 0 aromatic heterocycles. The number of nitrogens with one attached hydrogen (secondary N) is 1. The highest BCUT2D eigenvalue weighted by Gasteiger charge is 2.44. The zero-order chi connectivity index (χ0) is 11.4. The standard InChI is InChI=1S/C14H28N2/c1-13(2)14(6-7-14)12-15-8-5-11-16-9-3-4-10-16/h13,15H,3-12H2,1-2H3. The number of hydrogen-bond donors (Lipinski definition) is 1. The van der Waals surface area contributed by atoms with Crippen LogP contribution in [0.5, 0.6) is 0 Å². The third-order valence-electron chi connectivity index (χ3n) is 4.62. The van der Waals surface area contributed by atoms with Gasteiger partial charge in [-0.1, -0.05) is 13.8 Å². The maximum atomic E-state index is 3.67. The van der Waals surface area contributed by atoms with Gasteiger partial charge in [-0.15, -0.1) is 0 Å². The van der Waals surface area contributed by atoms with Crippen LogP contribution < -0.4 is 5.32 Å². The van der Waals surface area contributed by atoms with Gasteiger partial charge in [0, 0.05) is 6.54 Å². The molecule has 2 rings (SSSR count). The molecule has 2 fully saturated rings. The first kappa shape index (κ1) is 12.4. The van der Waals surface area contributed by atoms with Crippen LogP contribution in [0.2, 0.25) is 0 Å². The van der Waals surface area contributed by atoms with Crippen LogP contribution in [-0.2, 0) is 0 Å². The molecule has 0 spiro atoms. The minimum Gasteiger partial charge on any atom is -0.316 e. The van der Waals surface area contributed by atoms with Gasteiger partial charge in [0.2, 0.25) is 0 Å². The fraction of sp³-hybridized carbons (Fsp3) is 1.00. The molecule has 0 radical (unpaired) electrons. The van der Waals surface area contributed by atoms with Crippen molar-refractivity contribution >= 4 is 0 Å². The summed E-state index contributed by atoms with van der Waals surface area (Å²) >= 11 is 0. The highest BCUT2D eigenvalue weighted by atomic mass is 15.1. The van der Waals surface area contributed by atoms with Gasteiger partial charge >= 0.3 is 0 Å². The first-order chi connectivity index (χ1) is 7.73. The largest absolute Gasteiger partial charge is 0.316 e. The molecule has 2 heteroatoms. The van der Waals surface area contributed by atoms with Gasteiger partial charge in [-0.05, 0) is 69.6 Å². The highest BCUT2D eigenvalue weighted by molar-refractivity contribution is 4.96. The molecular formula is C14H28N2. The normalized spacial score (nSPS) is 24.2. The Morgan fingerprint density at radius 2 is 1.88 bits per heavy atom. The van der Waals surface area contributed by atoms with Gasteiger partial charge in [-0.2, -0.15) is 0 Å². The summed E-state index contributed by atoms with van der Waals surface area (Å²) in [6.45, 7) is 11.2. The van der Waals surface area contributed by atoms with E-state index < -0.39 is 0 Å². The van der Waals surface area contributed by atoms with Crippen LogP contribution in [0.3, 0.4) is 0 Å². The summed E-state index contributed by atoms with van der Waals surface area (Å²) in [5.41, 5.74) is 0.674. The molecule has 2 aliphatic rings. The lowest BCUT2D eigenvalue weighted by Gasteiger charge is -2.20. The van der Waals surface area contributed by atoms with Crippen LogP contribution in [-0.4, -0.2) is 37.6 Å². The molecule has 1 heterocycles. The number of nitrogens with zero attached hydrogens (tertiary/aromatic N) is 1. The Kier molecular flexibility index (Phi) is 4.26. The minimum atomic E-state index is 0.674. The Hall–Kier alpha value is -0.0800. The second-order valence-electron chi connectivity index (χ2n) is 6.10. The molecule has 1 N–H and O–H groups in total. The summed E-state index contributed by atoms with van der Waals surface area (Å²) in [7, 11) is 0. The molecule has 94 valence electrons. The summed E-state index contributed by atoms with van der Waals surface area (Å²) in [6.07, 6.45) is 7.07. The second-order valence-corrected chi connectivity index (χ2v) is 6.10. The highest BCUT2D eigenvalue weighted by Crippen LogP contribution is 2.51. The molecule has 1 saturated heterocycles. The molecular weight excluding hydrogens is 196 g/mol. The van der Waals surface area contributed by atoms with E-state index in [1.807, 2.05) is 0 Å². The van der Waals surface area contributed by atoms with Gasteiger partial charge in [0.25, 0.3) is 0 Å². The predicted octanol–water partition coefficient (Wildman–Crippen LogP) is 2.50. The molecule has 16 heavy (non-hydrogen) atoms. The second kappa shape index (κ2) is 5.50. The fourth-order valence-electron chi connectivity index (χ4n) is 2.89. The Labute approximate surface area is 101 Å². The van der Waals surface area contributed by atoms with E-state index in [2.05, 4.69) is 24.1 Å². The first-order valence-corrected chi connectivity index (χ1v) is 7.16. The van der Waals surface area contributed by atoms with Crippen molar-refractivity contribution in [1.29, 1.82) is 0 Å². The Morgan fingerprint density at radius 1 is 1.19 bits per heavy atom. The van der Waals surface area contributed by atoms with Crippen LogP contribution in [0.4, 0.5) is 0 Å². The topological polar surface area (TPSA) is 15.3 Å². The Bertz CT molecular complexity index is 203. The van der Waals surface area contributed by atoms with Gasteiger partial charge < -0.3 is 10.2 Å². The van der Waals surface area contributed by atoms with Crippen molar-refractivity contribution in [3.05, 3.63) is 0 Å². The summed E-state index contributed by atoms with van der Waals surface area (Å²) < 4.78 is 0. The maximum absolute atomic E-state index is 3.67. The van der Waals surface area contributed by atoms with E-state index in [0.717, 1.165) is 5.92 Å². The monoisotopic (exact) mass is 224 g/mol. The van der Waals surface area contributed by atoms with Gasteiger partial charge in [0.05, 0.1) is 0 Å². The van der Waals surface area contributed by atoms with E-state index in [4.69, 9.17) is 0 Å². The Balaban J connectivity index is 1.49.